The molecule has 1 aromatic rings. The molecular formula is C12H15BrN4O. The average Bonchev–Trinajstić information content (AvgIpc) is 2.34. The van der Waals surface area contributed by atoms with Crippen LogP contribution >= 0.6 is 15.9 Å². The molecule has 0 aromatic heterocycles. The quantitative estimate of drug-likeness (QED) is 0.836. The highest BCUT2D eigenvalue weighted by Crippen LogP contribution is 2.20. The first-order valence-corrected chi connectivity index (χ1v) is 6.22. The maximum absolute atomic E-state index is 11.2. The summed E-state index contributed by atoms with van der Waals surface area (Å²) in [6, 6.07) is 7.38. The Balaban J connectivity index is 2.39. The van der Waals surface area contributed by atoms with Crippen LogP contribution in [0.4, 0.5) is 10.5 Å². The number of nitrogens with zero attached hydrogens (tertiary/aromatic N) is 2. The van der Waals surface area contributed by atoms with Crippen molar-refractivity contribution < 1.29 is 4.79 Å². The van der Waals surface area contributed by atoms with Crippen molar-refractivity contribution in [3.05, 3.63) is 28.2 Å². The largest absolute Gasteiger partial charge is 0.383 e. The first kappa shape index (κ1) is 14.3. The third-order valence-corrected chi connectivity index (χ3v) is 2.88. The van der Waals surface area contributed by atoms with E-state index in [4.69, 9.17) is 5.26 Å². The van der Waals surface area contributed by atoms with Crippen molar-refractivity contribution in [3.8, 4) is 6.07 Å². The standard InChI is InChI=1S/C12H15BrN4O/c1-17(2)12(18)16-6-5-15-10-4-3-9(8-14)11(13)7-10/h3-4,7,15H,5-6H2,1-2H3,(H,16,18). The zero-order chi connectivity index (χ0) is 13.5. The van der Waals surface area contributed by atoms with E-state index in [1.165, 1.54) is 4.90 Å². The van der Waals surface area contributed by atoms with Gasteiger partial charge in [-0.1, -0.05) is 0 Å². The van der Waals surface area contributed by atoms with Gasteiger partial charge in [0.1, 0.15) is 6.07 Å². The summed E-state index contributed by atoms with van der Waals surface area (Å²) < 4.78 is 0.757. The van der Waals surface area contributed by atoms with Crippen LogP contribution in [0.2, 0.25) is 0 Å². The number of hydrogen-bond acceptors (Lipinski definition) is 3. The van der Waals surface area contributed by atoms with Crippen LogP contribution in [0.3, 0.4) is 0 Å². The molecule has 0 atom stereocenters. The number of anilines is 1. The number of carbonyl (C=O) groups is 1. The molecule has 0 spiro atoms. The number of nitriles is 1. The molecule has 1 rings (SSSR count). The molecule has 18 heavy (non-hydrogen) atoms. The van der Waals surface area contributed by atoms with Crippen LogP contribution in [0.25, 0.3) is 0 Å². The number of urea groups is 1. The van der Waals surface area contributed by atoms with Crippen LogP contribution in [-0.2, 0) is 0 Å². The number of rotatable bonds is 4. The highest BCUT2D eigenvalue weighted by molar-refractivity contribution is 9.10. The molecule has 0 heterocycles. The fourth-order valence-electron chi connectivity index (χ4n) is 1.25. The number of carbonyl (C=O) groups excluding carboxylic acids is 1. The molecule has 2 N–H and O–H groups in total. The summed E-state index contributed by atoms with van der Waals surface area (Å²) in [6.45, 7) is 1.16. The van der Waals surface area contributed by atoms with E-state index in [0.717, 1.165) is 10.2 Å². The molecule has 2 amide bonds. The number of amides is 2. The van der Waals surface area contributed by atoms with E-state index in [2.05, 4.69) is 32.6 Å². The number of hydrogen-bond donors (Lipinski definition) is 2. The molecule has 0 radical (unpaired) electrons. The zero-order valence-corrected chi connectivity index (χ0v) is 11.9. The van der Waals surface area contributed by atoms with E-state index in [-0.39, 0.29) is 6.03 Å². The van der Waals surface area contributed by atoms with E-state index in [0.29, 0.717) is 18.7 Å². The second kappa shape index (κ2) is 6.87. The van der Waals surface area contributed by atoms with Crippen molar-refractivity contribution in [2.75, 3.05) is 32.5 Å². The van der Waals surface area contributed by atoms with Gasteiger partial charge in [-0.25, -0.2) is 4.79 Å². The minimum absolute atomic E-state index is 0.113. The molecule has 0 bridgehead atoms. The maximum Gasteiger partial charge on any atom is 0.316 e. The fourth-order valence-corrected chi connectivity index (χ4v) is 1.72. The maximum atomic E-state index is 11.2. The highest BCUT2D eigenvalue weighted by atomic mass is 79.9. The molecule has 6 heteroatoms. The lowest BCUT2D eigenvalue weighted by Crippen LogP contribution is -2.37. The second-order valence-electron chi connectivity index (χ2n) is 3.86. The predicted octanol–water partition coefficient (Wildman–Crippen LogP) is 2.00. The zero-order valence-electron chi connectivity index (χ0n) is 10.3. The van der Waals surface area contributed by atoms with Crippen molar-refractivity contribution in [2.45, 2.75) is 0 Å². The van der Waals surface area contributed by atoms with Crippen LogP contribution in [0, 0.1) is 11.3 Å². The Hall–Kier alpha value is -1.74. The van der Waals surface area contributed by atoms with Crippen molar-refractivity contribution in [2.24, 2.45) is 0 Å². The lowest BCUT2D eigenvalue weighted by atomic mass is 10.2. The molecule has 0 unspecified atom stereocenters. The Morgan fingerprint density at radius 3 is 2.72 bits per heavy atom. The molecule has 0 fully saturated rings. The van der Waals surface area contributed by atoms with Gasteiger partial charge in [0.05, 0.1) is 5.56 Å². The van der Waals surface area contributed by atoms with Crippen LogP contribution in [0.5, 0.6) is 0 Å². The Morgan fingerprint density at radius 2 is 2.17 bits per heavy atom. The number of halogens is 1. The summed E-state index contributed by atoms with van der Waals surface area (Å²) in [6.07, 6.45) is 0. The number of benzene rings is 1. The van der Waals surface area contributed by atoms with E-state index < -0.39 is 0 Å². The Kier molecular flexibility index (Phi) is 5.46. The van der Waals surface area contributed by atoms with Gasteiger partial charge in [0.15, 0.2) is 0 Å². The minimum atomic E-state index is -0.113. The first-order valence-electron chi connectivity index (χ1n) is 5.43. The molecule has 0 aliphatic carbocycles. The summed E-state index contributed by atoms with van der Waals surface area (Å²) in [5.74, 6) is 0. The monoisotopic (exact) mass is 310 g/mol. The third kappa shape index (κ3) is 4.26. The van der Waals surface area contributed by atoms with Gasteiger partial charge in [0.25, 0.3) is 0 Å². The highest BCUT2D eigenvalue weighted by Gasteiger charge is 2.02. The third-order valence-electron chi connectivity index (χ3n) is 2.23. The van der Waals surface area contributed by atoms with Gasteiger partial charge in [-0.05, 0) is 34.1 Å². The van der Waals surface area contributed by atoms with Gasteiger partial charge >= 0.3 is 6.03 Å². The predicted molar refractivity (Wildman–Crippen MR) is 74.4 cm³/mol. The van der Waals surface area contributed by atoms with Crippen molar-refractivity contribution >= 4 is 27.6 Å². The summed E-state index contributed by atoms with van der Waals surface area (Å²) in [7, 11) is 3.39. The SMILES string of the molecule is CN(C)C(=O)NCCNc1ccc(C#N)c(Br)c1. The fraction of sp³-hybridized carbons (Fsp3) is 0.333. The molecule has 0 aliphatic heterocycles. The second-order valence-corrected chi connectivity index (χ2v) is 4.71. The van der Waals surface area contributed by atoms with E-state index in [1.807, 2.05) is 12.1 Å². The van der Waals surface area contributed by atoms with E-state index in [9.17, 15) is 4.79 Å². The Labute approximate surface area is 115 Å². The first-order chi connectivity index (χ1) is 8.54. The van der Waals surface area contributed by atoms with Gasteiger partial charge in [-0.3, -0.25) is 0 Å². The lowest BCUT2D eigenvalue weighted by molar-refractivity contribution is 0.218. The minimum Gasteiger partial charge on any atom is -0.383 e. The summed E-state index contributed by atoms with van der Waals surface area (Å²) in [5, 5.41) is 14.7. The molecule has 0 saturated heterocycles. The Morgan fingerprint density at radius 1 is 1.44 bits per heavy atom. The normalized spacial score (nSPS) is 9.44. The van der Waals surface area contributed by atoms with Crippen LogP contribution in [-0.4, -0.2) is 38.1 Å². The van der Waals surface area contributed by atoms with Gasteiger partial charge in [-0.15, -0.1) is 0 Å². The van der Waals surface area contributed by atoms with Crippen LogP contribution < -0.4 is 10.6 Å². The average molecular weight is 311 g/mol. The van der Waals surface area contributed by atoms with Gasteiger partial charge in [-0.2, -0.15) is 5.26 Å². The van der Waals surface area contributed by atoms with E-state index >= 15 is 0 Å². The summed E-state index contributed by atoms with van der Waals surface area (Å²) >= 11 is 3.32. The molecular weight excluding hydrogens is 296 g/mol. The Bertz CT molecular complexity index is 468. The molecule has 0 saturated carbocycles. The molecule has 5 nitrogen and oxygen atoms in total. The van der Waals surface area contributed by atoms with Gasteiger partial charge in [0, 0.05) is 37.3 Å². The smallest absolute Gasteiger partial charge is 0.316 e. The topological polar surface area (TPSA) is 68.2 Å². The van der Waals surface area contributed by atoms with Crippen LogP contribution in [0.1, 0.15) is 5.56 Å². The van der Waals surface area contributed by atoms with Crippen molar-refractivity contribution in [3.63, 3.8) is 0 Å². The molecule has 1 aromatic carbocycles. The van der Waals surface area contributed by atoms with Gasteiger partial charge in [0.2, 0.25) is 0 Å². The number of nitrogens with one attached hydrogen (secondary N) is 2. The summed E-state index contributed by atoms with van der Waals surface area (Å²) in [4.78, 5) is 12.7. The van der Waals surface area contributed by atoms with Gasteiger partial charge < -0.3 is 15.5 Å². The molecule has 96 valence electrons. The van der Waals surface area contributed by atoms with Crippen molar-refractivity contribution in [1.29, 1.82) is 5.26 Å². The van der Waals surface area contributed by atoms with Crippen LogP contribution in [0.15, 0.2) is 22.7 Å². The van der Waals surface area contributed by atoms with E-state index in [1.54, 1.807) is 20.2 Å². The lowest BCUT2D eigenvalue weighted by Gasteiger charge is -2.12. The van der Waals surface area contributed by atoms with Crippen molar-refractivity contribution in [1.82, 2.24) is 10.2 Å². The molecule has 0 aliphatic rings. The summed E-state index contributed by atoms with van der Waals surface area (Å²) in [5.41, 5.74) is 1.50.